The first-order chi connectivity index (χ1) is 10.3. The molecule has 0 bridgehead atoms. The average Bonchev–Trinajstić information content (AvgIpc) is 2.50. The minimum atomic E-state index is -0.159. The molecule has 4 atom stereocenters. The Kier molecular flexibility index (Phi) is 7.96. The highest BCUT2D eigenvalue weighted by molar-refractivity contribution is 4.81. The highest BCUT2D eigenvalue weighted by Crippen LogP contribution is 2.18. The summed E-state index contributed by atoms with van der Waals surface area (Å²) in [5, 5.41) is 30.0. The summed E-state index contributed by atoms with van der Waals surface area (Å²) < 4.78 is 0. The van der Waals surface area contributed by atoms with E-state index in [-0.39, 0.29) is 24.3 Å². The Morgan fingerprint density at radius 2 is 1.05 bits per heavy atom. The summed E-state index contributed by atoms with van der Waals surface area (Å²) >= 11 is 0. The molecule has 0 radical (unpaired) electrons. The third-order valence-corrected chi connectivity index (χ3v) is 4.88. The molecular weight excluding hydrogens is 266 g/mol. The van der Waals surface area contributed by atoms with Crippen molar-refractivity contribution in [1.82, 2.24) is 16.0 Å². The lowest BCUT2D eigenvalue weighted by Crippen LogP contribution is -2.46. The van der Waals surface area contributed by atoms with Crippen molar-refractivity contribution in [2.24, 2.45) is 0 Å². The number of aliphatic hydroxyl groups excluding tert-OH is 2. The Bertz CT molecular complexity index is 252. The van der Waals surface area contributed by atoms with E-state index in [1.54, 1.807) is 0 Å². The summed E-state index contributed by atoms with van der Waals surface area (Å²) in [6.07, 6.45) is 8.56. The molecule has 0 amide bonds. The van der Waals surface area contributed by atoms with Crippen molar-refractivity contribution in [2.45, 2.75) is 75.7 Å². The van der Waals surface area contributed by atoms with Gasteiger partial charge in [0.1, 0.15) is 0 Å². The van der Waals surface area contributed by atoms with Crippen LogP contribution >= 0.6 is 0 Å². The molecule has 124 valence electrons. The fourth-order valence-corrected chi connectivity index (χ4v) is 3.52. The van der Waals surface area contributed by atoms with Crippen LogP contribution in [-0.2, 0) is 0 Å². The largest absolute Gasteiger partial charge is 0.392 e. The molecule has 5 heteroatoms. The third-order valence-electron chi connectivity index (χ3n) is 4.88. The van der Waals surface area contributed by atoms with Gasteiger partial charge in [-0.3, -0.25) is 0 Å². The molecule has 21 heavy (non-hydrogen) atoms. The van der Waals surface area contributed by atoms with Gasteiger partial charge in [0, 0.05) is 38.3 Å². The van der Waals surface area contributed by atoms with Crippen LogP contribution in [0.15, 0.2) is 0 Å². The van der Waals surface area contributed by atoms with Crippen LogP contribution in [0.3, 0.4) is 0 Å². The molecule has 0 aromatic rings. The van der Waals surface area contributed by atoms with Crippen LogP contribution in [0, 0.1) is 0 Å². The molecule has 0 spiro atoms. The van der Waals surface area contributed by atoms with Crippen molar-refractivity contribution < 1.29 is 10.2 Å². The van der Waals surface area contributed by atoms with Crippen LogP contribution in [0.2, 0.25) is 0 Å². The molecule has 5 nitrogen and oxygen atoms in total. The maximum absolute atomic E-state index is 9.86. The summed E-state index contributed by atoms with van der Waals surface area (Å²) in [7, 11) is 0. The second-order valence-corrected chi connectivity index (χ2v) is 6.57. The molecule has 0 saturated heterocycles. The van der Waals surface area contributed by atoms with Gasteiger partial charge in [-0.1, -0.05) is 25.7 Å². The SMILES string of the molecule is OC1CCCCC1NCCNCCNC1CCCCC1O. The maximum atomic E-state index is 9.86. The van der Waals surface area contributed by atoms with E-state index in [9.17, 15) is 10.2 Å². The maximum Gasteiger partial charge on any atom is 0.0693 e. The lowest BCUT2D eigenvalue weighted by atomic mass is 9.92. The molecule has 2 aliphatic carbocycles. The summed E-state index contributed by atoms with van der Waals surface area (Å²) in [6, 6.07) is 0.576. The van der Waals surface area contributed by atoms with Gasteiger partial charge in [0.25, 0.3) is 0 Å². The van der Waals surface area contributed by atoms with Crippen molar-refractivity contribution in [3.05, 3.63) is 0 Å². The van der Waals surface area contributed by atoms with Crippen molar-refractivity contribution in [3.63, 3.8) is 0 Å². The van der Waals surface area contributed by atoms with E-state index in [2.05, 4.69) is 16.0 Å². The smallest absolute Gasteiger partial charge is 0.0693 e. The van der Waals surface area contributed by atoms with Gasteiger partial charge in [0.15, 0.2) is 0 Å². The third kappa shape index (κ3) is 6.20. The van der Waals surface area contributed by atoms with Gasteiger partial charge in [-0.25, -0.2) is 0 Å². The predicted octanol–water partition coefficient (Wildman–Crippen LogP) is 0.362. The zero-order chi connectivity index (χ0) is 14.9. The number of nitrogens with one attached hydrogen (secondary N) is 3. The Labute approximate surface area is 128 Å². The van der Waals surface area contributed by atoms with E-state index < -0.39 is 0 Å². The second-order valence-electron chi connectivity index (χ2n) is 6.57. The molecular formula is C16H33N3O2. The van der Waals surface area contributed by atoms with E-state index in [0.717, 1.165) is 64.7 Å². The fourth-order valence-electron chi connectivity index (χ4n) is 3.52. The van der Waals surface area contributed by atoms with Gasteiger partial charge < -0.3 is 26.2 Å². The summed E-state index contributed by atoms with van der Waals surface area (Å²) in [5.74, 6) is 0. The van der Waals surface area contributed by atoms with Crippen molar-refractivity contribution >= 4 is 0 Å². The molecule has 0 aromatic heterocycles. The van der Waals surface area contributed by atoms with Gasteiger partial charge in [0.2, 0.25) is 0 Å². The molecule has 5 N–H and O–H groups in total. The first-order valence-electron chi connectivity index (χ1n) is 8.81. The zero-order valence-corrected chi connectivity index (χ0v) is 13.2. The van der Waals surface area contributed by atoms with Crippen LogP contribution in [0.25, 0.3) is 0 Å². The Morgan fingerprint density at radius 3 is 1.48 bits per heavy atom. The summed E-state index contributed by atoms with van der Waals surface area (Å²) in [5.41, 5.74) is 0. The second kappa shape index (κ2) is 9.74. The van der Waals surface area contributed by atoms with E-state index in [1.165, 1.54) is 12.8 Å². The van der Waals surface area contributed by atoms with Gasteiger partial charge in [-0.2, -0.15) is 0 Å². The van der Waals surface area contributed by atoms with Crippen molar-refractivity contribution in [3.8, 4) is 0 Å². The van der Waals surface area contributed by atoms with E-state index in [1.807, 2.05) is 0 Å². The number of aliphatic hydroxyl groups is 2. The van der Waals surface area contributed by atoms with Crippen molar-refractivity contribution in [1.29, 1.82) is 0 Å². The number of rotatable bonds is 8. The molecule has 2 fully saturated rings. The quantitative estimate of drug-likeness (QED) is 0.419. The Hall–Kier alpha value is -0.200. The molecule has 2 rings (SSSR count). The molecule has 2 saturated carbocycles. The lowest BCUT2D eigenvalue weighted by Gasteiger charge is -2.29. The first kappa shape index (κ1) is 17.2. The topological polar surface area (TPSA) is 76.5 Å². The number of hydrogen-bond donors (Lipinski definition) is 5. The first-order valence-corrected chi connectivity index (χ1v) is 8.81. The standard InChI is InChI=1S/C16H33N3O2/c20-15-7-3-1-5-13(15)18-11-9-17-10-12-19-14-6-2-4-8-16(14)21/h13-21H,1-12H2. The van der Waals surface area contributed by atoms with E-state index >= 15 is 0 Å². The summed E-state index contributed by atoms with van der Waals surface area (Å²) in [4.78, 5) is 0. The Balaban J connectivity index is 1.43. The molecule has 4 unspecified atom stereocenters. The molecule has 0 aromatic carbocycles. The lowest BCUT2D eigenvalue weighted by molar-refractivity contribution is 0.0906. The van der Waals surface area contributed by atoms with Gasteiger partial charge in [-0.05, 0) is 25.7 Å². The van der Waals surface area contributed by atoms with Crippen LogP contribution in [0.5, 0.6) is 0 Å². The monoisotopic (exact) mass is 299 g/mol. The normalized spacial score (nSPS) is 34.0. The van der Waals surface area contributed by atoms with Crippen LogP contribution < -0.4 is 16.0 Å². The zero-order valence-electron chi connectivity index (χ0n) is 13.2. The Morgan fingerprint density at radius 1 is 0.619 bits per heavy atom. The minimum absolute atomic E-state index is 0.159. The predicted molar refractivity (Wildman–Crippen MR) is 85.4 cm³/mol. The van der Waals surface area contributed by atoms with Crippen LogP contribution in [0.1, 0.15) is 51.4 Å². The molecule has 2 aliphatic rings. The summed E-state index contributed by atoms with van der Waals surface area (Å²) in [6.45, 7) is 3.68. The van der Waals surface area contributed by atoms with Crippen molar-refractivity contribution in [2.75, 3.05) is 26.2 Å². The molecule has 0 aliphatic heterocycles. The van der Waals surface area contributed by atoms with E-state index in [0.29, 0.717) is 0 Å². The fraction of sp³-hybridized carbons (Fsp3) is 1.00. The van der Waals surface area contributed by atoms with E-state index in [4.69, 9.17) is 0 Å². The molecule has 0 heterocycles. The minimum Gasteiger partial charge on any atom is -0.392 e. The number of hydrogen-bond acceptors (Lipinski definition) is 5. The van der Waals surface area contributed by atoms with Gasteiger partial charge in [-0.15, -0.1) is 0 Å². The van der Waals surface area contributed by atoms with Crippen LogP contribution in [0.4, 0.5) is 0 Å². The van der Waals surface area contributed by atoms with Crippen LogP contribution in [-0.4, -0.2) is 60.7 Å². The van der Waals surface area contributed by atoms with Gasteiger partial charge >= 0.3 is 0 Å². The average molecular weight is 299 g/mol. The van der Waals surface area contributed by atoms with Gasteiger partial charge in [0.05, 0.1) is 12.2 Å². The highest BCUT2D eigenvalue weighted by atomic mass is 16.3. The highest BCUT2D eigenvalue weighted by Gasteiger charge is 2.22.